The van der Waals surface area contributed by atoms with Gasteiger partial charge in [-0.3, -0.25) is 4.79 Å². The molecule has 1 heterocycles. The van der Waals surface area contributed by atoms with E-state index in [1.807, 2.05) is 6.92 Å². The summed E-state index contributed by atoms with van der Waals surface area (Å²) >= 11 is 0. The van der Waals surface area contributed by atoms with Crippen LogP contribution in [0.1, 0.15) is 171 Å². The Morgan fingerprint density at radius 2 is 1.60 bits per heavy atom. The molecule has 322 valence electrons. The summed E-state index contributed by atoms with van der Waals surface area (Å²) in [5.41, 5.74) is 5.41. The molecule has 0 spiro atoms. The third-order valence-corrected chi connectivity index (χ3v) is 17.5. The van der Waals surface area contributed by atoms with Crippen LogP contribution < -0.4 is 15.4 Å². The van der Waals surface area contributed by atoms with Crippen molar-refractivity contribution >= 4 is 5.78 Å². The minimum absolute atomic E-state index is 0. The zero-order valence-corrected chi connectivity index (χ0v) is 37.6. The van der Waals surface area contributed by atoms with E-state index in [-0.39, 0.29) is 34.6 Å². The first-order valence-corrected chi connectivity index (χ1v) is 22.5. The number of ketones is 1. The number of Topliss-reactive ketones (excluding diaryl/α,β-unsaturated/α-hetero) is 1. The van der Waals surface area contributed by atoms with Crippen LogP contribution in [0, 0.1) is 56.2 Å². The zero-order chi connectivity index (χ0) is 41.4. The Balaban J connectivity index is 0.000000969. The second-order valence-corrected chi connectivity index (χ2v) is 21.6. The number of rotatable bonds is 8. The van der Waals surface area contributed by atoms with Gasteiger partial charge in [0.05, 0.1) is 12.9 Å². The van der Waals surface area contributed by atoms with Gasteiger partial charge >= 0.3 is 0 Å². The Hall–Kier alpha value is -2.53. The van der Waals surface area contributed by atoms with Crippen molar-refractivity contribution in [3.05, 3.63) is 67.1 Å². The number of nitrogens with one attached hydrogen (secondary N) is 2. The number of ether oxygens (including phenoxy) is 1. The van der Waals surface area contributed by atoms with Crippen LogP contribution in [0.15, 0.2) is 56.0 Å². The Kier molecular flexibility index (Phi) is 14.6. The van der Waals surface area contributed by atoms with E-state index in [0.29, 0.717) is 40.8 Å². The van der Waals surface area contributed by atoms with Gasteiger partial charge in [0.2, 0.25) is 0 Å². The normalized spacial score (nSPS) is 37.1. The largest absolute Gasteiger partial charge is 0.516 e. The molecule has 7 rings (SSSR count). The van der Waals surface area contributed by atoms with Gasteiger partial charge in [0.1, 0.15) is 11.5 Å². The van der Waals surface area contributed by atoms with Crippen LogP contribution in [-0.4, -0.2) is 30.1 Å². The van der Waals surface area contributed by atoms with Crippen LogP contribution in [0.2, 0.25) is 0 Å². The van der Waals surface area contributed by atoms with Gasteiger partial charge in [-0.25, -0.2) is 0 Å². The van der Waals surface area contributed by atoms with E-state index >= 15 is 0 Å². The average molecular weight is 787 g/mol. The van der Waals surface area contributed by atoms with Crippen LogP contribution in [0.25, 0.3) is 0 Å². The van der Waals surface area contributed by atoms with E-state index in [1.54, 1.807) is 6.08 Å². The molecular weight excluding hydrogens is 701 g/mol. The van der Waals surface area contributed by atoms with Crippen molar-refractivity contribution in [1.29, 1.82) is 0 Å². The Morgan fingerprint density at radius 1 is 0.930 bits per heavy atom. The molecule has 9 atom stereocenters. The second kappa shape index (κ2) is 17.6. The topological polar surface area (TPSA) is 70.6 Å². The lowest BCUT2D eigenvalue weighted by molar-refractivity contribution is -0.251. The average Bonchev–Trinajstić information content (AvgIpc) is 3.58. The molecule has 3 N–H and O–H groups in total. The van der Waals surface area contributed by atoms with E-state index in [1.165, 1.54) is 87.5 Å². The van der Waals surface area contributed by atoms with Gasteiger partial charge in [-0.05, 0) is 159 Å². The lowest BCUT2D eigenvalue weighted by Crippen LogP contribution is -2.76. The number of aliphatic hydroxyl groups is 1. The van der Waals surface area contributed by atoms with Gasteiger partial charge in [-0.15, -0.1) is 6.58 Å². The summed E-state index contributed by atoms with van der Waals surface area (Å²) in [6, 6.07) is 6.80. The monoisotopic (exact) mass is 787 g/mol. The van der Waals surface area contributed by atoms with E-state index in [0.717, 1.165) is 50.3 Å². The lowest BCUT2D eigenvalue weighted by Gasteiger charge is -2.76. The molecule has 5 aliphatic carbocycles. The Morgan fingerprint density at radius 3 is 2.25 bits per heavy atom. The summed E-state index contributed by atoms with van der Waals surface area (Å²) in [6.45, 7) is 34.7. The van der Waals surface area contributed by atoms with Crippen molar-refractivity contribution in [3.63, 3.8) is 0 Å². The molecule has 0 bridgehead atoms. The highest BCUT2D eigenvalue weighted by atomic mass is 16.5. The maximum Gasteiger partial charge on any atom is 0.133 e. The first-order valence-electron chi connectivity index (χ1n) is 22.5. The molecule has 5 heteroatoms. The Labute approximate surface area is 350 Å². The number of carbonyl (C=O) groups excluding carboxylic acids is 1. The molecule has 1 aliphatic heterocycles. The molecular formula is C52H86N2O3. The number of aryl methyl sites for hydroxylation is 1. The number of hydrogen-bond acceptors (Lipinski definition) is 5. The smallest absolute Gasteiger partial charge is 0.133 e. The quantitative estimate of drug-likeness (QED) is 0.181. The summed E-state index contributed by atoms with van der Waals surface area (Å²) in [7, 11) is 2.32. The Bertz CT molecular complexity index is 1580. The van der Waals surface area contributed by atoms with E-state index in [2.05, 4.69) is 104 Å². The van der Waals surface area contributed by atoms with Gasteiger partial charge < -0.3 is 20.5 Å². The van der Waals surface area contributed by atoms with Crippen LogP contribution in [0.3, 0.4) is 0 Å². The van der Waals surface area contributed by atoms with Crippen molar-refractivity contribution < 1.29 is 14.6 Å². The van der Waals surface area contributed by atoms with Gasteiger partial charge in [0, 0.05) is 36.0 Å². The number of carbonyl (C=O) groups is 1. The summed E-state index contributed by atoms with van der Waals surface area (Å²) in [6.07, 6.45) is 20.4. The summed E-state index contributed by atoms with van der Waals surface area (Å²) < 4.78 is 5.90. The third kappa shape index (κ3) is 8.07. The molecule has 0 aromatic heterocycles. The third-order valence-electron chi connectivity index (χ3n) is 17.5. The molecule has 1 aromatic carbocycles. The van der Waals surface area contributed by atoms with Gasteiger partial charge in [-0.1, -0.05) is 101 Å². The molecule has 0 radical (unpaired) electrons. The molecule has 5 fully saturated rings. The summed E-state index contributed by atoms with van der Waals surface area (Å²) in [4.78, 5) is 13.3. The van der Waals surface area contributed by atoms with Crippen LogP contribution >= 0.6 is 0 Å². The first kappa shape index (κ1) is 47.2. The molecule has 1 aromatic rings. The first-order chi connectivity index (χ1) is 26.3. The SMILES string of the molecule is C.C=C(NCc1ccc2c(c1)CCCO2)C12CCCC1C1(NC)CCC3C4(C)CCC(CC(=O)CC(C)(C)C)C(C)(C)C4CCC3(C)[C@]1(C)CC2.C=CC.C=CO. The van der Waals surface area contributed by atoms with Gasteiger partial charge in [-0.2, -0.15) is 0 Å². The highest BCUT2D eigenvalue weighted by Gasteiger charge is 2.74. The molecule has 6 aliphatic rings. The van der Waals surface area contributed by atoms with Crippen molar-refractivity contribution in [1.82, 2.24) is 10.6 Å². The summed E-state index contributed by atoms with van der Waals surface area (Å²) in [5.74, 6) is 4.10. The molecule has 5 saturated carbocycles. The number of benzene rings is 1. The summed E-state index contributed by atoms with van der Waals surface area (Å²) in [5, 5.41) is 15.5. The minimum atomic E-state index is 0. The maximum absolute atomic E-state index is 13.3. The predicted molar refractivity (Wildman–Crippen MR) is 242 cm³/mol. The second-order valence-electron chi connectivity index (χ2n) is 21.6. The van der Waals surface area contributed by atoms with Crippen molar-refractivity contribution in [2.45, 2.75) is 178 Å². The predicted octanol–water partition coefficient (Wildman–Crippen LogP) is 13.3. The fraction of sp³-hybridized carbons (Fsp3) is 0.750. The van der Waals surface area contributed by atoms with Crippen LogP contribution in [-0.2, 0) is 17.8 Å². The zero-order valence-electron chi connectivity index (χ0n) is 37.6. The lowest BCUT2D eigenvalue weighted by atomic mass is 9.30. The molecule has 57 heavy (non-hydrogen) atoms. The maximum atomic E-state index is 13.3. The van der Waals surface area contributed by atoms with Crippen molar-refractivity contribution in [2.75, 3.05) is 13.7 Å². The number of fused-ring (bicyclic) bond motifs is 8. The molecule has 8 unspecified atom stereocenters. The van der Waals surface area contributed by atoms with E-state index in [4.69, 9.17) is 16.4 Å². The fourth-order valence-electron chi connectivity index (χ4n) is 15.0. The molecule has 5 nitrogen and oxygen atoms in total. The standard InChI is InChI=1S/C46H72N2O2.C3H6.C2H4O.CH4/c1-31(48-30-32-15-16-36-33(27-32)13-12-26-50-36)45-20-11-14-39(45)46(47-10)23-19-38-42(7)21-17-34(28-35(49)29-40(2,3)4)41(5,6)37(42)18-22-43(38,8)44(46,9)24-25-45;1-3-2;1-2-3;/h15-16,27,34,37-39,47-48H,1,11-14,17-26,28-30H2,2-10H3;3H,1H2,2H3;2-3H,1H2;1H4/t34?,37?,38?,39?,42?,43?,44-,45?,46?;;;/m0.../s1. The molecule has 0 saturated heterocycles. The highest BCUT2D eigenvalue weighted by Crippen LogP contribution is 2.78. The molecule has 0 amide bonds. The van der Waals surface area contributed by atoms with Gasteiger partial charge in [0.25, 0.3) is 0 Å². The van der Waals surface area contributed by atoms with Crippen molar-refractivity contribution in [3.8, 4) is 5.75 Å². The van der Waals surface area contributed by atoms with E-state index in [9.17, 15) is 4.79 Å². The number of allylic oxidation sites excluding steroid dienone is 2. The van der Waals surface area contributed by atoms with Crippen LogP contribution in [0.4, 0.5) is 0 Å². The number of hydrogen-bond donors (Lipinski definition) is 3. The van der Waals surface area contributed by atoms with Gasteiger partial charge in [0.15, 0.2) is 0 Å². The minimum Gasteiger partial charge on any atom is -0.516 e. The highest BCUT2D eigenvalue weighted by molar-refractivity contribution is 5.79. The van der Waals surface area contributed by atoms with E-state index < -0.39 is 0 Å². The van der Waals surface area contributed by atoms with Crippen LogP contribution in [0.5, 0.6) is 5.75 Å². The van der Waals surface area contributed by atoms with Crippen molar-refractivity contribution in [2.24, 2.45) is 56.2 Å². The fourth-order valence-corrected chi connectivity index (χ4v) is 15.0. The number of aliphatic hydroxyl groups excluding tert-OH is 1.